The van der Waals surface area contributed by atoms with Gasteiger partial charge in [0.1, 0.15) is 18.2 Å². The normalized spacial score (nSPS) is 21.2. The molecule has 0 bridgehead atoms. The molecule has 2 aromatic heterocycles. The summed E-state index contributed by atoms with van der Waals surface area (Å²) in [5, 5.41) is 23.7. The zero-order chi connectivity index (χ0) is 26.3. The molecule has 2 saturated heterocycles. The Morgan fingerprint density at radius 2 is 1.63 bits per heavy atom. The second-order valence-corrected chi connectivity index (χ2v) is 10.6. The number of ether oxygens (including phenoxy) is 1. The van der Waals surface area contributed by atoms with Gasteiger partial charge in [-0.15, -0.1) is 15.3 Å². The van der Waals surface area contributed by atoms with Crippen molar-refractivity contribution >= 4 is 11.5 Å². The standard InChI is InChI=1S/C26H32F3N7O2/c27-26(28,29)25-31-30-23-7-8-24(32-35(23)25)34-11-9-20(10-12-34)19-1-5-22(6-2-19)38-18-15-33-13-16-36(37,17-14-33)21-3-4-21/h1-2,5-8,20-21H,3-4,9-18H2. The van der Waals surface area contributed by atoms with Crippen molar-refractivity contribution in [1.82, 2.24) is 24.7 Å². The van der Waals surface area contributed by atoms with Crippen molar-refractivity contribution in [1.29, 1.82) is 0 Å². The monoisotopic (exact) mass is 531 g/mol. The predicted molar refractivity (Wildman–Crippen MR) is 135 cm³/mol. The molecule has 0 unspecified atom stereocenters. The Labute approximate surface area is 219 Å². The molecule has 1 aromatic carbocycles. The summed E-state index contributed by atoms with van der Waals surface area (Å²) in [6, 6.07) is 11.8. The highest BCUT2D eigenvalue weighted by molar-refractivity contribution is 5.46. The molecule has 3 fully saturated rings. The molecule has 3 aromatic rings. The number of piperazine rings is 1. The maximum absolute atomic E-state index is 13.2. The highest BCUT2D eigenvalue weighted by Crippen LogP contribution is 2.34. The number of aromatic nitrogens is 4. The maximum atomic E-state index is 13.2. The Bertz CT molecular complexity index is 1250. The number of hydrogen-bond acceptors (Lipinski definition) is 7. The van der Waals surface area contributed by atoms with Crippen LogP contribution < -0.4 is 9.64 Å². The first-order valence-corrected chi connectivity index (χ1v) is 13.4. The number of hydrogen-bond donors (Lipinski definition) is 0. The zero-order valence-electron chi connectivity index (χ0n) is 21.2. The average molecular weight is 532 g/mol. The van der Waals surface area contributed by atoms with E-state index in [4.69, 9.17) is 4.74 Å². The van der Waals surface area contributed by atoms with E-state index in [-0.39, 0.29) is 10.3 Å². The molecule has 38 heavy (non-hydrogen) atoms. The molecule has 0 atom stereocenters. The summed E-state index contributed by atoms with van der Waals surface area (Å²) in [7, 11) is 0. The third-order valence-corrected chi connectivity index (χ3v) is 8.15. The smallest absolute Gasteiger partial charge is 0.453 e. The number of halogens is 3. The molecular formula is C26H32F3N7O2. The molecule has 2 aliphatic heterocycles. The maximum Gasteiger partial charge on any atom is 0.453 e. The van der Waals surface area contributed by atoms with Crippen LogP contribution in [0.2, 0.25) is 0 Å². The van der Waals surface area contributed by atoms with Crippen LogP contribution >= 0.6 is 0 Å². The van der Waals surface area contributed by atoms with Crippen molar-refractivity contribution in [3.63, 3.8) is 0 Å². The second kappa shape index (κ2) is 9.97. The fourth-order valence-corrected chi connectivity index (χ4v) is 5.67. The molecule has 0 amide bonds. The Morgan fingerprint density at radius 1 is 0.921 bits per heavy atom. The van der Waals surface area contributed by atoms with Gasteiger partial charge < -0.3 is 19.5 Å². The minimum atomic E-state index is -4.61. The van der Waals surface area contributed by atoms with Crippen LogP contribution in [0.3, 0.4) is 0 Å². The number of fused-ring (bicyclic) bond motifs is 1. The SMILES string of the molecule is [O-][N+]1(C2CC2)CCN(CCOc2ccc(C3CCN(c4ccc5nnc(C(F)(F)F)n5n4)CC3)cc2)CC1. The van der Waals surface area contributed by atoms with Crippen LogP contribution in [0.25, 0.3) is 5.65 Å². The summed E-state index contributed by atoms with van der Waals surface area (Å²) >= 11 is 0. The van der Waals surface area contributed by atoms with Gasteiger partial charge in [0.2, 0.25) is 0 Å². The van der Waals surface area contributed by atoms with E-state index >= 15 is 0 Å². The minimum Gasteiger partial charge on any atom is -0.633 e. The summed E-state index contributed by atoms with van der Waals surface area (Å²) < 4.78 is 46.3. The summed E-state index contributed by atoms with van der Waals surface area (Å²) in [5.74, 6) is 0.586. The first kappa shape index (κ1) is 25.3. The van der Waals surface area contributed by atoms with E-state index in [2.05, 4.69) is 32.3 Å². The molecule has 3 aliphatic rings. The van der Waals surface area contributed by atoms with Crippen molar-refractivity contribution in [3.05, 3.63) is 53.0 Å². The van der Waals surface area contributed by atoms with Gasteiger partial charge >= 0.3 is 6.18 Å². The summed E-state index contributed by atoms with van der Waals surface area (Å²) in [6.07, 6.45) is -0.675. The Morgan fingerprint density at radius 3 is 2.29 bits per heavy atom. The van der Waals surface area contributed by atoms with Crippen LogP contribution in [0.4, 0.5) is 19.0 Å². The van der Waals surface area contributed by atoms with Crippen molar-refractivity contribution in [2.45, 2.75) is 43.8 Å². The Kier molecular flexibility index (Phi) is 6.65. The second-order valence-electron chi connectivity index (χ2n) is 10.6. The van der Waals surface area contributed by atoms with Gasteiger partial charge in [-0.05, 0) is 48.6 Å². The van der Waals surface area contributed by atoms with Crippen molar-refractivity contribution in [3.8, 4) is 5.75 Å². The van der Waals surface area contributed by atoms with Crippen molar-refractivity contribution < 1.29 is 22.6 Å². The first-order valence-electron chi connectivity index (χ1n) is 13.4. The van der Waals surface area contributed by atoms with Crippen LogP contribution in [-0.4, -0.2) is 87.8 Å². The van der Waals surface area contributed by atoms with Gasteiger partial charge in [-0.2, -0.15) is 17.7 Å². The molecule has 0 radical (unpaired) electrons. The van der Waals surface area contributed by atoms with Crippen LogP contribution in [0.15, 0.2) is 36.4 Å². The number of benzene rings is 1. The number of piperidine rings is 1. The van der Waals surface area contributed by atoms with E-state index in [1.54, 1.807) is 6.07 Å². The average Bonchev–Trinajstić information content (AvgIpc) is 3.69. The Hall–Kier alpha value is -2.96. The van der Waals surface area contributed by atoms with Crippen LogP contribution in [0.5, 0.6) is 5.75 Å². The third kappa shape index (κ3) is 5.29. The van der Waals surface area contributed by atoms with Crippen molar-refractivity contribution in [2.75, 3.05) is 57.3 Å². The molecule has 0 spiro atoms. The molecule has 12 heteroatoms. The fraction of sp³-hybridized carbons (Fsp3) is 0.577. The van der Waals surface area contributed by atoms with Crippen LogP contribution in [-0.2, 0) is 6.18 Å². The lowest BCUT2D eigenvalue weighted by Gasteiger charge is -2.48. The highest BCUT2D eigenvalue weighted by Gasteiger charge is 2.40. The fourth-order valence-electron chi connectivity index (χ4n) is 5.67. The lowest BCUT2D eigenvalue weighted by Crippen LogP contribution is -2.57. The quantitative estimate of drug-likeness (QED) is 0.340. The highest BCUT2D eigenvalue weighted by atomic mass is 19.4. The largest absolute Gasteiger partial charge is 0.633 e. The van der Waals surface area contributed by atoms with Gasteiger partial charge in [0.05, 0.1) is 19.1 Å². The van der Waals surface area contributed by atoms with Gasteiger partial charge in [-0.1, -0.05) is 12.1 Å². The van der Waals surface area contributed by atoms with Crippen molar-refractivity contribution in [2.24, 2.45) is 0 Å². The van der Waals surface area contributed by atoms with E-state index in [1.165, 1.54) is 11.6 Å². The molecule has 1 saturated carbocycles. The van der Waals surface area contributed by atoms with Gasteiger partial charge in [-0.3, -0.25) is 4.90 Å². The molecule has 204 valence electrons. The minimum absolute atomic E-state index is 0.00453. The summed E-state index contributed by atoms with van der Waals surface area (Å²) in [5.41, 5.74) is 1.31. The van der Waals surface area contributed by atoms with Gasteiger partial charge in [-0.25, -0.2) is 0 Å². The van der Waals surface area contributed by atoms with Gasteiger partial charge in [0, 0.05) is 45.6 Å². The van der Waals surface area contributed by atoms with E-state index in [9.17, 15) is 18.4 Å². The van der Waals surface area contributed by atoms with Gasteiger partial charge in [0.15, 0.2) is 5.65 Å². The molecule has 0 N–H and O–H groups in total. The van der Waals surface area contributed by atoms with E-state index in [1.807, 2.05) is 17.0 Å². The van der Waals surface area contributed by atoms with E-state index in [0.717, 1.165) is 55.6 Å². The molecule has 4 heterocycles. The van der Waals surface area contributed by atoms with Crippen LogP contribution in [0, 0.1) is 5.21 Å². The number of quaternary nitrogens is 1. The number of rotatable bonds is 7. The lowest BCUT2D eigenvalue weighted by molar-refractivity contribution is -0.895. The number of anilines is 1. The third-order valence-electron chi connectivity index (χ3n) is 8.15. The van der Waals surface area contributed by atoms with Crippen LogP contribution in [0.1, 0.15) is 43.0 Å². The lowest BCUT2D eigenvalue weighted by atomic mass is 9.89. The molecule has 6 rings (SSSR count). The first-order chi connectivity index (χ1) is 18.3. The number of hydroxylamine groups is 3. The molecule has 1 aliphatic carbocycles. The number of alkyl halides is 3. The summed E-state index contributed by atoms with van der Waals surface area (Å²) in [4.78, 5) is 4.33. The topological polar surface area (TPSA) is 81.9 Å². The predicted octanol–water partition coefficient (Wildman–Crippen LogP) is 3.70. The zero-order valence-corrected chi connectivity index (χ0v) is 21.2. The van der Waals surface area contributed by atoms with E-state index in [0.29, 0.717) is 50.6 Å². The molecular weight excluding hydrogens is 499 g/mol. The molecule has 9 nitrogen and oxygen atoms in total. The van der Waals surface area contributed by atoms with E-state index < -0.39 is 12.0 Å². The Balaban J connectivity index is 0.979. The summed E-state index contributed by atoms with van der Waals surface area (Å²) in [6.45, 7) is 5.89. The van der Waals surface area contributed by atoms with Gasteiger partial charge in [0.25, 0.3) is 5.82 Å². The number of nitrogens with zero attached hydrogens (tertiary/aromatic N) is 7.